The van der Waals surface area contributed by atoms with E-state index in [-0.39, 0.29) is 21.6 Å². The van der Waals surface area contributed by atoms with Crippen molar-refractivity contribution in [2.24, 2.45) is 0 Å². The number of rotatable bonds is 3. The van der Waals surface area contributed by atoms with E-state index in [1.54, 1.807) is 12.1 Å². The van der Waals surface area contributed by atoms with Crippen LogP contribution in [-0.2, 0) is 0 Å². The standard InChI is InChI=1S/C18H17FN2O2S/c19-14-8-4-3-7-12(14)15-13(11-20)17(24-16(15)18(22)23)21-9-5-1-2-6-10-21/h3-4,7-8H,1-2,5-6,9-10H2,(H,22,23). The monoisotopic (exact) mass is 344 g/mol. The number of carboxylic acids is 1. The molecular formula is C18H17FN2O2S. The molecule has 0 bridgehead atoms. The second kappa shape index (κ2) is 7.02. The maximum Gasteiger partial charge on any atom is 0.346 e. The molecule has 3 rings (SSSR count). The minimum absolute atomic E-state index is 0.0240. The first-order chi connectivity index (χ1) is 11.6. The minimum atomic E-state index is -1.13. The molecule has 0 unspecified atom stereocenters. The van der Waals surface area contributed by atoms with E-state index in [2.05, 4.69) is 11.0 Å². The number of carbonyl (C=O) groups is 1. The van der Waals surface area contributed by atoms with Crippen LogP contribution in [0.4, 0.5) is 9.39 Å². The van der Waals surface area contributed by atoms with Gasteiger partial charge in [-0.1, -0.05) is 31.0 Å². The number of benzene rings is 1. The zero-order valence-corrected chi connectivity index (χ0v) is 13.9. The molecule has 1 aliphatic heterocycles. The van der Waals surface area contributed by atoms with Gasteiger partial charge in [0, 0.05) is 24.2 Å². The number of nitriles is 1. The van der Waals surface area contributed by atoms with Gasteiger partial charge in [0.2, 0.25) is 0 Å². The van der Waals surface area contributed by atoms with E-state index >= 15 is 0 Å². The molecule has 2 heterocycles. The first-order valence-electron chi connectivity index (χ1n) is 7.93. The second-order valence-corrected chi connectivity index (χ2v) is 6.78. The zero-order valence-electron chi connectivity index (χ0n) is 13.1. The zero-order chi connectivity index (χ0) is 17.1. The SMILES string of the molecule is N#Cc1c(N2CCCCCC2)sc(C(=O)O)c1-c1ccccc1F. The van der Waals surface area contributed by atoms with Crippen LogP contribution in [0.3, 0.4) is 0 Å². The largest absolute Gasteiger partial charge is 0.477 e. The predicted octanol–water partition coefficient (Wildman–Crippen LogP) is 4.50. The van der Waals surface area contributed by atoms with Crippen molar-refractivity contribution >= 4 is 22.3 Å². The Morgan fingerprint density at radius 2 is 1.88 bits per heavy atom. The highest BCUT2D eigenvalue weighted by Gasteiger charge is 2.28. The third kappa shape index (κ3) is 3.00. The number of aromatic carboxylic acids is 1. The molecule has 1 saturated heterocycles. The molecule has 0 amide bonds. The lowest BCUT2D eigenvalue weighted by atomic mass is 10.0. The molecule has 0 aliphatic carbocycles. The van der Waals surface area contributed by atoms with Gasteiger partial charge in [0.1, 0.15) is 21.8 Å². The maximum atomic E-state index is 14.2. The molecule has 1 aliphatic rings. The van der Waals surface area contributed by atoms with E-state index in [1.807, 2.05) is 0 Å². The third-order valence-corrected chi connectivity index (χ3v) is 5.47. The van der Waals surface area contributed by atoms with Gasteiger partial charge in [-0.05, 0) is 18.9 Å². The molecule has 2 aromatic rings. The molecule has 1 fully saturated rings. The van der Waals surface area contributed by atoms with Crippen molar-refractivity contribution in [3.63, 3.8) is 0 Å². The number of anilines is 1. The van der Waals surface area contributed by atoms with E-state index in [0.29, 0.717) is 5.00 Å². The average Bonchev–Trinajstić information content (AvgIpc) is 2.75. The van der Waals surface area contributed by atoms with Gasteiger partial charge in [-0.2, -0.15) is 5.26 Å². The maximum absolute atomic E-state index is 14.2. The van der Waals surface area contributed by atoms with Gasteiger partial charge >= 0.3 is 5.97 Å². The Balaban J connectivity index is 2.19. The minimum Gasteiger partial charge on any atom is -0.477 e. The van der Waals surface area contributed by atoms with Gasteiger partial charge in [-0.15, -0.1) is 11.3 Å². The summed E-state index contributed by atoms with van der Waals surface area (Å²) in [5.41, 5.74) is 0.639. The average molecular weight is 344 g/mol. The molecule has 1 aromatic carbocycles. The molecule has 0 atom stereocenters. The summed E-state index contributed by atoms with van der Waals surface area (Å²) in [6, 6.07) is 8.13. The predicted molar refractivity (Wildman–Crippen MR) is 92.1 cm³/mol. The fourth-order valence-corrected chi connectivity index (χ4v) is 4.25. The number of thiophene rings is 1. The van der Waals surface area contributed by atoms with Crippen LogP contribution in [0.2, 0.25) is 0 Å². The van der Waals surface area contributed by atoms with E-state index < -0.39 is 11.8 Å². The van der Waals surface area contributed by atoms with E-state index in [0.717, 1.165) is 50.1 Å². The second-order valence-electron chi connectivity index (χ2n) is 5.78. The Hall–Kier alpha value is -2.39. The summed E-state index contributed by atoms with van der Waals surface area (Å²) in [6.07, 6.45) is 4.30. The Labute approximate surface area is 143 Å². The number of halogens is 1. The van der Waals surface area contributed by atoms with E-state index in [4.69, 9.17) is 0 Å². The van der Waals surface area contributed by atoms with Crippen LogP contribution in [0.15, 0.2) is 24.3 Å². The molecular weight excluding hydrogens is 327 g/mol. The number of hydrogen-bond acceptors (Lipinski definition) is 4. The van der Waals surface area contributed by atoms with Crippen molar-refractivity contribution in [1.29, 1.82) is 5.26 Å². The summed E-state index contributed by atoms with van der Waals surface area (Å²) in [5, 5.41) is 19.9. The number of nitrogens with zero attached hydrogens (tertiary/aromatic N) is 2. The van der Waals surface area contributed by atoms with Crippen LogP contribution in [-0.4, -0.2) is 24.2 Å². The first-order valence-corrected chi connectivity index (χ1v) is 8.75. The van der Waals surface area contributed by atoms with Crippen LogP contribution in [0.5, 0.6) is 0 Å². The van der Waals surface area contributed by atoms with Gasteiger partial charge in [0.25, 0.3) is 0 Å². The molecule has 24 heavy (non-hydrogen) atoms. The topological polar surface area (TPSA) is 64.3 Å². The smallest absolute Gasteiger partial charge is 0.346 e. The van der Waals surface area contributed by atoms with Crippen LogP contribution in [0.1, 0.15) is 40.9 Å². The van der Waals surface area contributed by atoms with Crippen LogP contribution >= 0.6 is 11.3 Å². The van der Waals surface area contributed by atoms with E-state index in [1.165, 1.54) is 12.1 Å². The van der Waals surface area contributed by atoms with Gasteiger partial charge in [0.15, 0.2) is 0 Å². The highest BCUT2D eigenvalue weighted by Crippen LogP contribution is 2.43. The molecule has 1 aromatic heterocycles. The summed E-state index contributed by atoms with van der Waals surface area (Å²) in [7, 11) is 0. The van der Waals surface area contributed by atoms with Crippen molar-refractivity contribution in [3.8, 4) is 17.2 Å². The molecule has 6 heteroatoms. The summed E-state index contributed by atoms with van der Waals surface area (Å²) in [5.74, 6) is -1.65. The first kappa shape index (κ1) is 16.5. The summed E-state index contributed by atoms with van der Waals surface area (Å²) < 4.78 is 14.2. The van der Waals surface area contributed by atoms with Crippen molar-refractivity contribution in [2.45, 2.75) is 25.7 Å². The van der Waals surface area contributed by atoms with Gasteiger partial charge < -0.3 is 10.0 Å². The third-order valence-electron chi connectivity index (χ3n) is 4.23. The Morgan fingerprint density at radius 1 is 1.21 bits per heavy atom. The molecule has 0 radical (unpaired) electrons. The van der Waals surface area contributed by atoms with Gasteiger partial charge in [-0.3, -0.25) is 0 Å². The molecule has 0 saturated carbocycles. The normalized spacial score (nSPS) is 14.9. The lowest BCUT2D eigenvalue weighted by Crippen LogP contribution is -2.23. The fourth-order valence-electron chi connectivity index (χ4n) is 3.09. The Morgan fingerprint density at radius 3 is 2.46 bits per heavy atom. The highest BCUT2D eigenvalue weighted by atomic mass is 32.1. The number of hydrogen-bond donors (Lipinski definition) is 1. The summed E-state index contributed by atoms with van der Waals surface area (Å²) in [4.78, 5) is 13.8. The molecule has 1 N–H and O–H groups in total. The molecule has 0 spiro atoms. The number of carboxylic acid groups (broad SMARTS) is 1. The fraction of sp³-hybridized carbons (Fsp3) is 0.333. The van der Waals surface area contributed by atoms with Gasteiger partial charge in [0.05, 0.1) is 5.56 Å². The van der Waals surface area contributed by atoms with Crippen LogP contribution < -0.4 is 4.90 Å². The lowest BCUT2D eigenvalue weighted by molar-refractivity contribution is 0.0703. The molecule has 124 valence electrons. The van der Waals surface area contributed by atoms with Gasteiger partial charge in [-0.25, -0.2) is 9.18 Å². The lowest BCUT2D eigenvalue weighted by Gasteiger charge is -2.21. The molecule has 4 nitrogen and oxygen atoms in total. The quantitative estimate of drug-likeness (QED) is 0.890. The highest BCUT2D eigenvalue weighted by molar-refractivity contribution is 7.18. The Kier molecular flexibility index (Phi) is 4.81. The summed E-state index contributed by atoms with van der Waals surface area (Å²) in [6.45, 7) is 1.59. The van der Waals surface area contributed by atoms with Crippen molar-refractivity contribution in [2.75, 3.05) is 18.0 Å². The van der Waals surface area contributed by atoms with Crippen molar-refractivity contribution < 1.29 is 14.3 Å². The van der Waals surface area contributed by atoms with Crippen LogP contribution in [0.25, 0.3) is 11.1 Å². The summed E-state index contributed by atoms with van der Waals surface area (Å²) >= 11 is 1.08. The van der Waals surface area contributed by atoms with Crippen molar-refractivity contribution in [1.82, 2.24) is 0 Å². The Bertz CT molecular complexity index is 802. The van der Waals surface area contributed by atoms with Crippen LogP contribution in [0, 0.1) is 17.1 Å². The van der Waals surface area contributed by atoms with E-state index in [9.17, 15) is 19.6 Å². The van der Waals surface area contributed by atoms with Crippen molar-refractivity contribution in [3.05, 3.63) is 40.5 Å².